The molecule has 2 heterocycles. The van der Waals surface area contributed by atoms with E-state index in [4.69, 9.17) is 18.9 Å². The van der Waals surface area contributed by atoms with Crippen LogP contribution in [-0.4, -0.2) is 59.3 Å². The fourth-order valence-corrected chi connectivity index (χ4v) is 2.99. The van der Waals surface area contributed by atoms with Crippen LogP contribution in [0.25, 0.3) is 0 Å². The van der Waals surface area contributed by atoms with Gasteiger partial charge in [-0.2, -0.15) is 0 Å². The summed E-state index contributed by atoms with van der Waals surface area (Å²) >= 11 is 0. The van der Waals surface area contributed by atoms with Gasteiger partial charge in [0.2, 0.25) is 6.79 Å². The number of rotatable bonds is 9. The molecule has 0 spiro atoms. The Hall–Kier alpha value is -1.26. The average molecular weight is 491 g/mol. The summed E-state index contributed by atoms with van der Waals surface area (Å²) in [6.07, 6.45) is 2.97. The monoisotopic (exact) mass is 491 g/mol. The molecule has 1 aromatic carbocycles. The predicted octanol–water partition coefficient (Wildman–Crippen LogP) is 2.18. The molecular weight excluding hydrogens is 461 g/mol. The normalized spacial score (nSPS) is 18.3. The Kier molecular flexibility index (Phi) is 10.00. The lowest BCUT2D eigenvalue weighted by molar-refractivity contribution is 0.0888. The van der Waals surface area contributed by atoms with Gasteiger partial charge < -0.3 is 29.6 Å². The van der Waals surface area contributed by atoms with Crippen LogP contribution in [0.1, 0.15) is 18.4 Å². The standard InChI is InChI=1S/C19H29N3O4.HI/c1-20-19(21-7-2-9-23-12-16-6-10-24-13-16)22-8-5-15-3-4-17-18(11-15)26-14-25-17;/h3-4,11,16H,2,5-10,12-14H2,1H3,(H2,20,21,22);1H. The summed E-state index contributed by atoms with van der Waals surface area (Å²) in [5.41, 5.74) is 1.21. The highest BCUT2D eigenvalue weighted by atomic mass is 127. The molecule has 27 heavy (non-hydrogen) atoms. The van der Waals surface area contributed by atoms with Crippen molar-refractivity contribution in [1.29, 1.82) is 0 Å². The van der Waals surface area contributed by atoms with E-state index in [2.05, 4.69) is 21.7 Å². The molecule has 0 aromatic heterocycles. The number of fused-ring (bicyclic) bond motifs is 1. The zero-order chi connectivity index (χ0) is 18.0. The Morgan fingerprint density at radius 1 is 1.22 bits per heavy atom. The summed E-state index contributed by atoms with van der Waals surface area (Å²) in [5, 5.41) is 6.65. The Bertz CT molecular complexity index is 594. The highest BCUT2D eigenvalue weighted by Crippen LogP contribution is 2.32. The smallest absolute Gasteiger partial charge is 0.231 e. The van der Waals surface area contributed by atoms with Gasteiger partial charge in [0, 0.05) is 39.3 Å². The number of nitrogens with one attached hydrogen (secondary N) is 2. The lowest BCUT2D eigenvalue weighted by atomic mass is 10.1. The zero-order valence-electron chi connectivity index (χ0n) is 15.9. The van der Waals surface area contributed by atoms with Gasteiger partial charge in [0.15, 0.2) is 17.5 Å². The van der Waals surface area contributed by atoms with Gasteiger partial charge in [-0.3, -0.25) is 4.99 Å². The summed E-state index contributed by atoms with van der Waals surface area (Å²) in [5.74, 6) is 3.04. The number of benzene rings is 1. The number of hydrogen-bond acceptors (Lipinski definition) is 5. The topological polar surface area (TPSA) is 73.3 Å². The van der Waals surface area contributed by atoms with Gasteiger partial charge in [-0.25, -0.2) is 0 Å². The van der Waals surface area contributed by atoms with Crippen LogP contribution in [0.5, 0.6) is 11.5 Å². The number of guanidine groups is 1. The van der Waals surface area contributed by atoms with Crippen LogP contribution in [-0.2, 0) is 15.9 Å². The third kappa shape index (κ3) is 7.34. The summed E-state index contributed by atoms with van der Waals surface area (Å²) in [7, 11) is 1.78. The number of halogens is 1. The molecule has 152 valence electrons. The number of hydrogen-bond donors (Lipinski definition) is 2. The lowest BCUT2D eigenvalue weighted by Gasteiger charge is -2.13. The van der Waals surface area contributed by atoms with E-state index in [9.17, 15) is 0 Å². The Labute approximate surface area is 178 Å². The number of aliphatic imine (C=N–C) groups is 1. The first-order chi connectivity index (χ1) is 12.8. The van der Waals surface area contributed by atoms with E-state index in [1.165, 1.54) is 5.56 Å². The molecule has 0 saturated carbocycles. The van der Waals surface area contributed by atoms with Crippen LogP contribution in [0.2, 0.25) is 0 Å². The van der Waals surface area contributed by atoms with Gasteiger partial charge in [0.05, 0.1) is 13.2 Å². The van der Waals surface area contributed by atoms with Crippen molar-refractivity contribution in [3.8, 4) is 11.5 Å². The van der Waals surface area contributed by atoms with Crippen LogP contribution < -0.4 is 20.1 Å². The summed E-state index contributed by atoms with van der Waals surface area (Å²) in [4.78, 5) is 4.25. The molecule has 2 aliphatic heterocycles. The van der Waals surface area contributed by atoms with Crippen molar-refractivity contribution in [1.82, 2.24) is 10.6 Å². The van der Waals surface area contributed by atoms with E-state index in [0.29, 0.717) is 12.7 Å². The van der Waals surface area contributed by atoms with Crippen LogP contribution in [0.4, 0.5) is 0 Å². The third-order valence-corrected chi connectivity index (χ3v) is 4.50. The second-order valence-electron chi connectivity index (χ2n) is 6.52. The van der Waals surface area contributed by atoms with Crippen molar-refractivity contribution in [2.75, 3.05) is 53.4 Å². The molecule has 1 unspecified atom stereocenters. The van der Waals surface area contributed by atoms with E-state index < -0.39 is 0 Å². The summed E-state index contributed by atoms with van der Waals surface area (Å²) in [6.45, 7) is 5.25. The molecular formula is C19H30IN3O4. The summed E-state index contributed by atoms with van der Waals surface area (Å²) < 4.78 is 21.8. The Balaban J connectivity index is 0.00000261. The summed E-state index contributed by atoms with van der Waals surface area (Å²) in [6, 6.07) is 6.06. The zero-order valence-corrected chi connectivity index (χ0v) is 18.2. The van der Waals surface area contributed by atoms with Crippen molar-refractivity contribution in [2.24, 2.45) is 10.9 Å². The molecule has 1 atom stereocenters. The molecule has 1 aromatic rings. The maximum Gasteiger partial charge on any atom is 0.231 e. The van der Waals surface area contributed by atoms with E-state index >= 15 is 0 Å². The first-order valence-electron chi connectivity index (χ1n) is 9.33. The van der Waals surface area contributed by atoms with Crippen molar-refractivity contribution in [2.45, 2.75) is 19.3 Å². The quantitative estimate of drug-likeness (QED) is 0.239. The first-order valence-corrected chi connectivity index (χ1v) is 9.33. The van der Waals surface area contributed by atoms with Gasteiger partial charge >= 0.3 is 0 Å². The van der Waals surface area contributed by atoms with Gasteiger partial charge in [0.25, 0.3) is 0 Å². The average Bonchev–Trinajstić information content (AvgIpc) is 3.34. The number of nitrogens with zero attached hydrogens (tertiary/aromatic N) is 1. The fourth-order valence-electron chi connectivity index (χ4n) is 2.99. The van der Waals surface area contributed by atoms with Gasteiger partial charge in [-0.1, -0.05) is 6.07 Å². The minimum Gasteiger partial charge on any atom is -0.454 e. The van der Waals surface area contributed by atoms with Crippen LogP contribution in [0, 0.1) is 5.92 Å². The largest absolute Gasteiger partial charge is 0.454 e. The molecule has 2 aliphatic rings. The van der Waals surface area contributed by atoms with Gasteiger partial charge in [-0.15, -0.1) is 24.0 Å². The fraction of sp³-hybridized carbons (Fsp3) is 0.632. The molecule has 1 saturated heterocycles. The van der Waals surface area contributed by atoms with E-state index in [1.807, 2.05) is 12.1 Å². The second-order valence-corrected chi connectivity index (χ2v) is 6.52. The third-order valence-electron chi connectivity index (χ3n) is 4.50. The van der Waals surface area contributed by atoms with Crippen molar-refractivity contribution < 1.29 is 18.9 Å². The minimum atomic E-state index is 0. The lowest BCUT2D eigenvalue weighted by Crippen LogP contribution is -2.39. The van der Waals surface area contributed by atoms with Crippen molar-refractivity contribution >= 4 is 29.9 Å². The van der Waals surface area contributed by atoms with Crippen LogP contribution >= 0.6 is 24.0 Å². The van der Waals surface area contributed by atoms with Crippen molar-refractivity contribution in [3.63, 3.8) is 0 Å². The van der Waals surface area contributed by atoms with Crippen molar-refractivity contribution in [3.05, 3.63) is 23.8 Å². The van der Waals surface area contributed by atoms with Crippen LogP contribution in [0.15, 0.2) is 23.2 Å². The molecule has 8 heteroatoms. The van der Waals surface area contributed by atoms with E-state index in [1.54, 1.807) is 7.05 Å². The minimum absolute atomic E-state index is 0. The number of ether oxygens (including phenoxy) is 4. The van der Waals surface area contributed by atoms with Gasteiger partial charge in [-0.05, 0) is 37.0 Å². The molecule has 1 fully saturated rings. The molecule has 3 rings (SSSR count). The van der Waals surface area contributed by atoms with E-state index in [0.717, 1.165) is 76.2 Å². The molecule has 0 amide bonds. The maximum atomic E-state index is 5.71. The first kappa shape index (κ1) is 22.0. The molecule has 2 N–H and O–H groups in total. The Morgan fingerprint density at radius 2 is 2.07 bits per heavy atom. The highest BCUT2D eigenvalue weighted by Gasteiger charge is 2.15. The highest BCUT2D eigenvalue weighted by molar-refractivity contribution is 14.0. The van der Waals surface area contributed by atoms with Gasteiger partial charge in [0.1, 0.15) is 0 Å². The molecule has 7 nitrogen and oxygen atoms in total. The maximum absolute atomic E-state index is 5.71. The second kappa shape index (κ2) is 12.2. The molecule has 0 radical (unpaired) electrons. The predicted molar refractivity (Wildman–Crippen MR) is 115 cm³/mol. The Morgan fingerprint density at radius 3 is 2.89 bits per heavy atom. The molecule has 0 aliphatic carbocycles. The molecule has 0 bridgehead atoms. The SMILES string of the molecule is CN=C(NCCCOCC1CCOC1)NCCc1ccc2c(c1)OCO2.I. The van der Waals surface area contributed by atoms with E-state index in [-0.39, 0.29) is 24.0 Å². The van der Waals surface area contributed by atoms with Crippen LogP contribution in [0.3, 0.4) is 0 Å².